The molecule has 0 radical (unpaired) electrons. The maximum Gasteiger partial charge on any atom is 0.0541 e. The van der Waals surface area contributed by atoms with Crippen LogP contribution in [0.1, 0.15) is 36.1 Å². The van der Waals surface area contributed by atoms with Crippen molar-refractivity contribution in [2.75, 3.05) is 4.90 Å². The van der Waals surface area contributed by atoms with Gasteiger partial charge in [0.15, 0.2) is 0 Å². The van der Waals surface area contributed by atoms with E-state index in [0.717, 1.165) is 17.1 Å². The van der Waals surface area contributed by atoms with E-state index in [0.29, 0.717) is 0 Å². The van der Waals surface area contributed by atoms with E-state index in [1.165, 1.54) is 83.1 Å². The van der Waals surface area contributed by atoms with Crippen LogP contribution in [0.5, 0.6) is 0 Å². The Labute approximate surface area is 323 Å². The van der Waals surface area contributed by atoms with Gasteiger partial charge in [0, 0.05) is 38.9 Å². The zero-order valence-corrected chi connectivity index (χ0v) is 31.7. The lowest BCUT2D eigenvalue weighted by Gasteiger charge is -2.28. The van der Waals surface area contributed by atoms with Gasteiger partial charge in [0.2, 0.25) is 0 Å². The Morgan fingerprint density at radius 2 is 0.836 bits per heavy atom. The smallest absolute Gasteiger partial charge is 0.0541 e. The summed E-state index contributed by atoms with van der Waals surface area (Å²) in [6.07, 6.45) is 0. The van der Waals surface area contributed by atoms with Crippen molar-refractivity contribution in [3.05, 3.63) is 204 Å². The third-order valence-corrected chi connectivity index (χ3v) is 11.7. The van der Waals surface area contributed by atoms with E-state index in [1.807, 2.05) is 0 Å². The van der Waals surface area contributed by atoms with Crippen LogP contribution in [0.3, 0.4) is 0 Å². The van der Waals surface area contributed by atoms with Gasteiger partial charge in [0.25, 0.3) is 0 Å². The van der Waals surface area contributed by atoms with Crippen LogP contribution < -0.4 is 4.90 Å². The van der Waals surface area contributed by atoms with E-state index in [1.54, 1.807) is 0 Å². The Hall–Kier alpha value is -6.64. The summed E-state index contributed by atoms with van der Waals surface area (Å²) in [5.41, 5.74) is 19.6. The monoisotopic (exact) mass is 706 g/mol. The van der Waals surface area contributed by atoms with Crippen LogP contribution in [-0.2, 0) is 5.41 Å². The lowest BCUT2D eigenvalue weighted by Crippen LogP contribution is -2.17. The Balaban J connectivity index is 1.08. The predicted octanol–water partition coefficient (Wildman–Crippen LogP) is 14.5. The van der Waals surface area contributed by atoms with Gasteiger partial charge >= 0.3 is 0 Å². The lowest BCUT2D eigenvalue weighted by molar-refractivity contribution is 0.660. The molecule has 0 aliphatic heterocycles. The predicted molar refractivity (Wildman–Crippen MR) is 233 cm³/mol. The minimum atomic E-state index is -0.206. The first-order chi connectivity index (χ1) is 26.8. The van der Waals surface area contributed by atoms with E-state index < -0.39 is 0 Å². The van der Waals surface area contributed by atoms with Crippen LogP contribution in [0, 0.1) is 13.8 Å². The summed E-state index contributed by atoms with van der Waals surface area (Å²) in [6.45, 7) is 9.14. The molecule has 9 aromatic rings. The molecule has 0 spiro atoms. The summed E-state index contributed by atoms with van der Waals surface area (Å²) in [6, 6.07) is 67.0. The maximum atomic E-state index is 2.45. The lowest BCUT2D eigenvalue weighted by atomic mass is 9.82. The van der Waals surface area contributed by atoms with Gasteiger partial charge in [-0.2, -0.15) is 0 Å². The molecule has 0 atom stereocenters. The number of nitrogens with zero attached hydrogens (tertiary/aromatic N) is 2. The highest BCUT2D eigenvalue weighted by molar-refractivity contribution is 6.09. The number of hydrogen-bond donors (Lipinski definition) is 0. The highest BCUT2D eigenvalue weighted by Gasteiger charge is 2.36. The van der Waals surface area contributed by atoms with E-state index in [2.05, 4.69) is 219 Å². The van der Waals surface area contributed by atoms with Crippen molar-refractivity contribution < 1.29 is 0 Å². The second-order valence-electron chi connectivity index (χ2n) is 15.6. The summed E-state index contributed by atoms with van der Waals surface area (Å²) in [5, 5.41) is 2.61. The van der Waals surface area contributed by atoms with Crippen molar-refractivity contribution in [1.82, 2.24) is 4.57 Å². The van der Waals surface area contributed by atoms with Crippen molar-refractivity contribution >= 4 is 38.9 Å². The summed E-state index contributed by atoms with van der Waals surface area (Å²) in [5.74, 6) is 0. The molecular formula is C53H42N2. The van der Waals surface area contributed by atoms with Crippen molar-refractivity contribution in [1.29, 1.82) is 0 Å². The fourth-order valence-electron chi connectivity index (χ4n) is 8.84. The van der Waals surface area contributed by atoms with Crippen molar-refractivity contribution in [3.8, 4) is 39.1 Å². The molecular weight excluding hydrogens is 665 g/mol. The molecule has 2 nitrogen and oxygen atoms in total. The fourth-order valence-corrected chi connectivity index (χ4v) is 8.84. The number of aryl methyl sites for hydroxylation is 2. The molecule has 55 heavy (non-hydrogen) atoms. The number of fused-ring (bicyclic) bond motifs is 6. The fraction of sp³-hybridized carbons (Fsp3) is 0.0943. The molecule has 0 saturated heterocycles. The number of aromatic nitrogens is 1. The molecule has 8 aromatic carbocycles. The van der Waals surface area contributed by atoms with Crippen molar-refractivity contribution in [3.63, 3.8) is 0 Å². The van der Waals surface area contributed by atoms with Crippen LogP contribution in [-0.4, -0.2) is 4.57 Å². The number of benzene rings is 8. The van der Waals surface area contributed by atoms with Gasteiger partial charge in [-0.1, -0.05) is 134 Å². The minimum Gasteiger partial charge on any atom is -0.310 e. The Bertz CT molecular complexity index is 2740. The van der Waals surface area contributed by atoms with Crippen molar-refractivity contribution in [2.45, 2.75) is 33.1 Å². The highest BCUT2D eigenvalue weighted by atomic mass is 15.1. The van der Waals surface area contributed by atoms with Crippen LogP contribution in [0.25, 0.3) is 60.9 Å². The SMILES string of the molecule is Cc1ccc2c(c1)c1cc(C)ccc1n2-c1ccc2c(c1)C(C)(C)c1cc(N(c3ccc(-c4ccccc4)cc3)c3ccc(-c4ccccc4)cc3)ccc1-2. The van der Waals surface area contributed by atoms with Gasteiger partial charge in [0.05, 0.1) is 11.0 Å². The highest BCUT2D eigenvalue weighted by Crippen LogP contribution is 2.51. The molecule has 0 amide bonds. The zero-order chi connectivity index (χ0) is 37.3. The van der Waals surface area contributed by atoms with E-state index in [4.69, 9.17) is 0 Å². The number of hydrogen-bond acceptors (Lipinski definition) is 1. The van der Waals surface area contributed by atoms with Crippen LogP contribution in [0.2, 0.25) is 0 Å². The first-order valence-corrected chi connectivity index (χ1v) is 19.3. The molecule has 0 saturated carbocycles. The normalized spacial score (nSPS) is 12.9. The first kappa shape index (κ1) is 33.0. The first-order valence-electron chi connectivity index (χ1n) is 19.3. The molecule has 1 aromatic heterocycles. The number of rotatable bonds is 6. The van der Waals surface area contributed by atoms with Crippen LogP contribution >= 0.6 is 0 Å². The van der Waals surface area contributed by atoms with Gasteiger partial charge in [-0.15, -0.1) is 0 Å². The van der Waals surface area contributed by atoms with Gasteiger partial charge in [-0.05, 0) is 131 Å². The number of anilines is 3. The van der Waals surface area contributed by atoms with Crippen LogP contribution in [0.4, 0.5) is 17.1 Å². The topological polar surface area (TPSA) is 8.17 Å². The Morgan fingerprint density at radius 1 is 0.400 bits per heavy atom. The Morgan fingerprint density at radius 3 is 1.35 bits per heavy atom. The summed E-state index contributed by atoms with van der Waals surface area (Å²) >= 11 is 0. The molecule has 10 rings (SSSR count). The average Bonchev–Trinajstić information content (AvgIpc) is 3.65. The second-order valence-corrected chi connectivity index (χ2v) is 15.6. The molecule has 264 valence electrons. The molecule has 2 heteroatoms. The van der Waals surface area contributed by atoms with Gasteiger partial charge < -0.3 is 9.47 Å². The summed E-state index contributed by atoms with van der Waals surface area (Å²) in [7, 11) is 0. The quantitative estimate of drug-likeness (QED) is 0.167. The van der Waals surface area contributed by atoms with Gasteiger partial charge in [-0.25, -0.2) is 0 Å². The molecule has 0 fully saturated rings. The van der Waals surface area contributed by atoms with Crippen molar-refractivity contribution in [2.24, 2.45) is 0 Å². The van der Waals surface area contributed by atoms with Gasteiger partial charge in [-0.3, -0.25) is 0 Å². The average molecular weight is 707 g/mol. The maximum absolute atomic E-state index is 2.45. The largest absolute Gasteiger partial charge is 0.310 e. The Kier molecular flexibility index (Phi) is 7.64. The molecule has 1 heterocycles. The molecule has 1 aliphatic rings. The molecule has 0 unspecified atom stereocenters. The van der Waals surface area contributed by atoms with Crippen LogP contribution in [0.15, 0.2) is 182 Å². The molecule has 0 bridgehead atoms. The molecule has 1 aliphatic carbocycles. The zero-order valence-electron chi connectivity index (χ0n) is 31.7. The third kappa shape index (κ3) is 5.48. The summed E-state index contributed by atoms with van der Waals surface area (Å²) in [4.78, 5) is 2.40. The molecule has 0 N–H and O–H groups in total. The third-order valence-electron chi connectivity index (χ3n) is 11.7. The van der Waals surface area contributed by atoms with Gasteiger partial charge in [0.1, 0.15) is 0 Å². The summed E-state index contributed by atoms with van der Waals surface area (Å²) < 4.78 is 2.45. The van der Waals surface area contributed by atoms with E-state index in [9.17, 15) is 0 Å². The van der Waals surface area contributed by atoms with E-state index in [-0.39, 0.29) is 5.41 Å². The second kappa shape index (κ2) is 12.7. The van der Waals surface area contributed by atoms with E-state index >= 15 is 0 Å². The minimum absolute atomic E-state index is 0.206. The standard InChI is InChI=1S/C53H42N2/c1-35-15-29-51-47(31-35)48-32-36(2)16-30-52(48)55(51)44-26-28-46-45-27-25-43(33-49(45)53(3,4)50(46)34-44)54(41-21-17-39(18-22-41)37-11-7-5-8-12-37)42-23-19-40(20-24-42)38-13-9-6-10-14-38/h5-34H,1-4H3.